The van der Waals surface area contributed by atoms with Crippen LogP contribution in [0.25, 0.3) is 16.6 Å². The Hall–Kier alpha value is -2.92. The molecule has 11 heteroatoms. The Labute approximate surface area is 180 Å². The van der Waals surface area contributed by atoms with Gasteiger partial charge in [0.2, 0.25) is 11.0 Å². The average molecular weight is 442 g/mol. The van der Waals surface area contributed by atoms with Crippen LogP contribution >= 0.6 is 23.1 Å². The molecule has 0 fully saturated rings. The van der Waals surface area contributed by atoms with E-state index < -0.39 is 0 Å². The lowest BCUT2D eigenvalue weighted by atomic mass is 10.1. The quantitative estimate of drug-likeness (QED) is 0.276. The molecule has 3 aromatic heterocycles. The van der Waals surface area contributed by atoms with Crippen LogP contribution < -0.4 is 10.9 Å². The first-order valence-electron chi connectivity index (χ1n) is 9.32. The lowest BCUT2D eigenvalue weighted by Crippen LogP contribution is -2.19. The van der Waals surface area contributed by atoms with Crippen molar-refractivity contribution in [2.75, 3.05) is 11.1 Å². The van der Waals surface area contributed by atoms with Gasteiger partial charge in [-0.15, -0.1) is 10.2 Å². The number of nitrogens with one attached hydrogen (secondary N) is 1. The van der Waals surface area contributed by atoms with E-state index in [4.69, 9.17) is 0 Å². The second kappa shape index (κ2) is 8.44. The molecule has 1 aromatic carbocycles. The number of rotatable bonds is 6. The Morgan fingerprint density at radius 3 is 2.83 bits per heavy atom. The summed E-state index contributed by atoms with van der Waals surface area (Å²) in [6.45, 7) is 5.81. The summed E-state index contributed by atoms with van der Waals surface area (Å²) in [7, 11) is 0. The van der Waals surface area contributed by atoms with Gasteiger partial charge in [-0.3, -0.25) is 14.9 Å². The average Bonchev–Trinajstić information content (AvgIpc) is 3.13. The van der Waals surface area contributed by atoms with Gasteiger partial charge < -0.3 is 0 Å². The van der Waals surface area contributed by atoms with Crippen LogP contribution in [-0.4, -0.2) is 41.4 Å². The van der Waals surface area contributed by atoms with E-state index in [-0.39, 0.29) is 22.9 Å². The van der Waals surface area contributed by atoms with E-state index in [1.165, 1.54) is 27.6 Å². The molecule has 0 bridgehead atoms. The summed E-state index contributed by atoms with van der Waals surface area (Å²) in [5, 5.41) is 17.8. The first-order chi connectivity index (χ1) is 14.4. The number of amides is 1. The molecule has 3 heterocycles. The van der Waals surface area contributed by atoms with Crippen molar-refractivity contribution in [3.8, 4) is 0 Å². The fraction of sp³-hybridized carbons (Fsp3) is 0.316. The highest BCUT2D eigenvalue weighted by Gasteiger charge is 2.15. The van der Waals surface area contributed by atoms with Gasteiger partial charge in [-0.25, -0.2) is 4.98 Å². The van der Waals surface area contributed by atoms with Crippen molar-refractivity contribution in [3.63, 3.8) is 0 Å². The SMILES string of the molecule is Cc1nn2c(SCC(=O)Nc3nnc(CC(C)C)s3)nc3ccccc3c2nc1=O. The van der Waals surface area contributed by atoms with Gasteiger partial charge in [0.05, 0.1) is 11.3 Å². The Bertz CT molecular complexity index is 1300. The fourth-order valence-corrected chi connectivity index (χ4v) is 4.51. The molecule has 4 aromatic rings. The smallest absolute Gasteiger partial charge is 0.294 e. The van der Waals surface area contributed by atoms with Crippen LogP contribution in [0.1, 0.15) is 24.5 Å². The Kier molecular flexibility index (Phi) is 5.73. The molecule has 0 aliphatic heterocycles. The predicted molar refractivity (Wildman–Crippen MR) is 117 cm³/mol. The minimum absolute atomic E-state index is 0.104. The number of hydrogen-bond acceptors (Lipinski definition) is 9. The first kappa shape index (κ1) is 20.4. The fourth-order valence-electron chi connectivity index (χ4n) is 2.80. The van der Waals surface area contributed by atoms with Crippen LogP contribution in [0.4, 0.5) is 5.13 Å². The van der Waals surface area contributed by atoms with Gasteiger partial charge in [-0.1, -0.05) is 49.1 Å². The summed E-state index contributed by atoms with van der Waals surface area (Å²) in [5.41, 5.74) is 0.984. The highest BCUT2D eigenvalue weighted by molar-refractivity contribution is 7.99. The van der Waals surface area contributed by atoms with Crippen LogP contribution in [0.5, 0.6) is 0 Å². The number of carbonyl (C=O) groups is 1. The number of aromatic nitrogens is 6. The van der Waals surface area contributed by atoms with Gasteiger partial charge in [0.1, 0.15) is 10.7 Å². The maximum Gasteiger partial charge on any atom is 0.294 e. The van der Waals surface area contributed by atoms with Crippen molar-refractivity contribution < 1.29 is 4.79 Å². The molecule has 0 atom stereocenters. The zero-order valence-corrected chi connectivity index (χ0v) is 18.3. The van der Waals surface area contributed by atoms with Gasteiger partial charge in [0, 0.05) is 11.8 Å². The van der Waals surface area contributed by atoms with E-state index in [0.29, 0.717) is 27.4 Å². The van der Waals surface area contributed by atoms with E-state index in [0.717, 1.165) is 16.8 Å². The number of hydrogen-bond donors (Lipinski definition) is 1. The minimum atomic E-state index is -0.381. The molecule has 154 valence electrons. The monoisotopic (exact) mass is 441 g/mol. The van der Waals surface area contributed by atoms with Crippen LogP contribution in [0.2, 0.25) is 0 Å². The van der Waals surface area contributed by atoms with E-state index in [1.54, 1.807) is 6.92 Å². The topological polar surface area (TPSA) is 115 Å². The van der Waals surface area contributed by atoms with Gasteiger partial charge in [-0.2, -0.15) is 14.6 Å². The van der Waals surface area contributed by atoms with E-state index in [2.05, 4.69) is 44.4 Å². The molecule has 0 saturated carbocycles. The van der Waals surface area contributed by atoms with Crippen molar-refractivity contribution in [3.05, 3.63) is 45.3 Å². The van der Waals surface area contributed by atoms with Crippen molar-refractivity contribution >= 4 is 50.7 Å². The third kappa shape index (κ3) is 4.31. The normalized spacial score (nSPS) is 11.5. The van der Waals surface area contributed by atoms with E-state index in [1.807, 2.05) is 24.3 Å². The molecule has 1 amide bonds. The Morgan fingerprint density at radius 2 is 2.03 bits per heavy atom. The number of para-hydroxylation sites is 1. The molecule has 9 nitrogen and oxygen atoms in total. The van der Waals surface area contributed by atoms with Crippen molar-refractivity contribution in [1.82, 2.24) is 29.8 Å². The van der Waals surface area contributed by atoms with Gasteiger partial charge >= 0.3 is 0 Å². The second-order valence-corrected chi connectivity index (χ2v) is 9.09. The molecule has 0 spiro atoms. The molecule has 30 heavy (non-hydrogen) atoms. The molecule has 0 radical (unpaired) electrons. The number of benzene rings is 1. The third-order valence-electron chi connectivity index (χ3n) is 4.14. The summed E-state index contributed by atoms with van der Waals surface area (Å²) in [4.78, 5) is 33.2. The van der Waals surface area contributed by atoms with Gasteiger partial charge in [0.15, 0.2) is 10.8 Å². The summed E-state index contributed by atoms with van der Waals surface area (Å²) in [5.74, 6) is 0.355. The largest absolute Gasteiger partial charge is 0.300 e. The third-order valence-corrected chi connectivity index (χ3v) is 5.93. The van der Waals surface area contributed by atoms with E-state index in [9.17, 15) is 9.59 Å². The van der Waals surface area contributed by atoms with Crippen molar-refractivity contribution in [2.45, 2.75) is 32.3 Å². The lowest BCUT2D eigenvalue weighted by Gasteiger charge is -2.09. The maximum atomic E-state index is 12.4. The Balaban J connectivity index is 1.57. The summed E-state index contributed by atoms with van der Waals surface area (Å²) < 4.78 is 1.52. The zero-order valence-electron chi connectivity index (χ0n) is 16.6. The van der Waals surface area contributed by atoms with Crippen LogP contribution in [0.15, 0.2) is 34.2 Å². The molecular weight excluding hydrogens is 422 g/mol. The number of anilines is 1. The molecular formula is C19H19N7O2S2. The second-order valence-electron chi connectivity index (χ2n) is 7.09. The van der Waals surface area contributed by atoms with Gasteiger partial charge in [-0.05, 0) is 25.0 Å². The zero-order chi connectivity index (χ0) is 21.3. The van der Waals surface area contributed by atoms with Crippen molar-refractivity contribution in [1.29, 1.82) is 0 Å². The molecule has 4 rings (SSSR count). The van der Waals surface area contributed by atoms with E-state index >= 15 is 0 Å². The number of aryl methyl sites for hydroxylation is 1. The highest BCUT2D eigenvalue weighted by atomic mass is 32.2. The predicted octanol–water partition coefficient (Wildman–Crippen LogP) is 2.73. The molecule has 0 unspecified atom stereocenters. The molecule has 0 aliphatic carbocycles. The molecule has 0 saturated heterocycles. The van der Waals surface area contributed by atoms with Crippen molar-refractivity contribution in [2.24, 2.45) is 5.92 Å². The highest BCUT2D eigenvalue weighted by Crippen LogP contribution is 2.23. The maximum absolute atomic E-state index is 12.4. The van der Waals surface area contributed by atoms with Gasteiger partial charge in [0.25, 0.3) is 5.56 Å². The number of thioether (sulfide) groups is 1. The van der Waals surface area contributed by atoms with Crippen LogP contribution in [-0.2, 0) is 11.2 Å². The molecule has 0 aliphatic rings. The first-order valence-corrected chi connectivity index (χ1v) is 11.1. The van der Waals surface area contributed by atoms with Crippen LogP contribution in [0, 0.1) is 12.8 Å². The number of nitrogens with zero attached hydrogens (tertiary/aromatic N) is 6. The lowest BCUT2D eigenvalue weighted by molar-refractivity contribution is -0.113. The standard InChI is InChI=1S/C19H19N7O2S2/c1-10(2)8-15-23-24-18(30-15)21-14(27)9-29-19-20-13-7-5-4-6-12(13)16-22-17(28)11(3)25-26(16)19/h4-7,10H,8-9H2,1-3H3,(H,21,24,27). The number of carbonyl (C=O) groups excluding carboxylic acids is 1. The summed E-state index contributed by atoms with van der Waals surface area (Å²) in [6.07, 6.45) is 0.825. The summed E-state index contributed by atoms with van der Waals surface area (Å²) >= 11 is 2.59. The summed E-state index contributed by atoms with van der Waals surface area (Å²) in [6, 6.07) is 7.39. The minimum Gasteiger partial charge on any atom is -0.300 e. The number of fused-ring (bicyclic) bond motifs is 3. The van der Waals surface area contributed by atoms with Crippen LogP contribution in [0.3, 0.4) is 0 Å². The molecule has 1 N–H and O–H groups in total. The Morgan fingerprint density at radius 1 is 1.23 bits per heavy atom.